The fourth-order valence-corrected chi connectivity index (χ4v) is 1.69. The minimum absolute atomic E-state index is 0.292. The van der Waals surface area contributed by atoms with Crippen LogP contribution < -0.4 is 11.1 Å². The molecule has 7 heteroatoms. The number of nitrogens with zero attached hydrogens (tertiary/aromatic N) is 1. The van der Waals surface area contributed by atoms with Crippen LogP contribution in [-0.2, 0) is 4.79 Å². The van der Waals surface area contributed by atoms with E-state index in [0.717, 1.165) is 11.3 Å². The standard InChI is InChI=1S/C8H11N3O3S/c1-3-5(15-8(9)11-3)6(12)10-4(2)7(13)14/h4H,1-2H3,(H2,9,11)(H,10,12)(H,13,14). The quantitative estimate of drug-likeness (QED) is 0.688. The minimum atomic E-state index is -1.08. The maximum Gasteiger partial charge on any atom is 0.325 e. The van der Waals surface area contributed by atoms with Gasteiger partial charge in [-0.05, 0) is 13.8 Å². The molecule has 6 nitrogen and oxygen atoms in total. The van der Waals surface area contributed by atoms with Gasteiger partial charge in [-0.3, -0.25) is 9.59 Å². The number of hydrogen-bond acceptors (Lipinski definition) is 5. The number of carboxylic acids is 1. The van der Waals surface area contributed by atoms with Gasteiger partial charge >= 0.3 is 5.97 Å². The van der Waals surface area contributed by atoms with E-state index < -0.39 is 17.9 Å². The lowest BCUT2D eigenvalue weighted by atomic mass is 10.3. The molecule has 1 rings (SSSR count). The van der Waals surface area contributed by atoms with E-state index >= 15 is 0 Å². The molecule has 1 heterocycles. The number of carbonyl (C=O) groups is 2. The van der Waals surface area contributed by atoms with E-state index in [9.17, 15) is 9.59 Å². The van der Waals surface area contributed by atoms with Crippen molar-refractivity contribution in [1.82, 2.24) is 10.3 Å². The van der Waals surface area contributed by atoms with Crippen LogP contribution >= 0.6 is 11.3 Å². The maximum absolute atomic E-state index is 11.5. The van der Waals surface area contributed by atoms with Crippen molar-refractivity contribution in [1.29, 1.82) is 0 Å². The molecular formula is C8H11N3O3S. The zero-order chi connectivity index (χ0) is 11.6. The number of carbonyl (C=O) groups excluding carboxylic acids is 1. The maximum atomic E-state index is 11.5. The van der Waals surface area contributed by atoms with E-state index in [2.05, 4.69) is 10.3 Å². The van der Waals surface area contributed by atoms with Crippen molar-refractivity contribution < 1.29 is 14.7 Å². The van der Waals surface area contributed by atoms with E-state index in [1.165, 1.54) is 6.92 Å². The first-order chi connectivity index (χ1) is 6.91. The highest BCUT2D eigenvalue weighted by Crippen LogP contribution is 2.19. The lowest BCUT2D eigenvalue weighted by Gasteiger charge is -2.07. The van der Waals surface area contributed by atoms with E-state index in [1.807, 2.05) is 0 Å². The average molecular weight is 229 g/mol. The molecule has 0 aliphatic heterocycles. The molecule has 0 aliphatic rings. The number of hydrogen-bond donors (Lipinski definition) is 3. The summed E-state index contributed by atoms with van der Waals surface area (Å²) in [4.78, 5) is 26.3. The largest absolute Gasteiger partial charge is 0.480 e. The summed E-state index contributed by atoms with van der Waals surface area (Å²) in [5.41, 5.74) is 5.93. The van der Waals surface area contributed by atoms with Gasteiger partial charge in [0.1, 0.15) is 10.9 Å². The predicted octanol–water partition coefficient (Wildman–Crippen LogP) is 0.237. The number of nitrogens with one attached hydrogen (secondary N) is 1. The van der Waals surface area contributed by atoms with Gasteiger partial charge < -0.3 is 16.2 Å². The van der Waals surface area contributed by atoms with Crippen molar-refractivity contribution >= 4 is 28.3 Å². The lowest BCUT2D eigenvalue weighted by molar-refractivity contribution is -0.138. The molecule has 0 aliphatic carbocycles. The van der Waals surface area contributed by atoms with Crippen molar-refractivity contribution in [2.75, 3.05) is 5.73 Å². The van der Waals surface area contributed by atoms with Crippen molar-refractivity contribution in [2.45, 2.75) is 19.9 Å². The first kappa shape index (κ1) is 11.4. The first-order valence-electron chi connectivity index (χ1n) is 4.18. The van der Waals surface area contributed by atoms with Crippen molar-refractivity contribution in [3.05, 3.63) is 10.6 Å². The highest BCUT2D eigenvalue weighted by Gasteiger charge is 2.19. The number of aryl methyl sites for hydroxylation is 1. The number of aromatic nitrogens is 1. The van der Waals surface area contributed by atoms with Gasteiger partial charge in [0.05, 0.1) is 5.69 Å². The number of aliphatic carboxylic acids is 1. The molecule has 0 bridgehead atoms. The Balaban J connectivity index is 2.77. The van der Waals surface area contributed by atoms with Crippen LogP contribution in [0.25, 0.3) is 0 Å². The Hall–Kier alpha value is -1.63. The molecule has 0 saturated heterocycles. The number of rotatable bonds is 3. The number of nitrogens with two attached hydrogens (primary N) is 1. The molecule has 0 fully saturated rings. The molecule has 1 aromatic heterocycles. The SMILES string of the molecule is Cc1nc(N)sc1C(=O)NC(C)C(=O)O. The third-order valence-corrected chi connectivity index (χ3v) is 2.72. The summed E-state index contributed by atoms with van der Waals surface area (Å²) in [6, 6.07) is -0.930. The monoisotopic (exact) mass is 229 g/mol. The smallest absolute Gasteiger partial charge is 0.325 e. The normalized spacial score (nSPS) is 12.1. The molecule has 0 saturated carbocycles. The molecule has 1 aromatic rings. The molecule has 0 spiro atoms. The van der Waals surface area contributed by atoms with E-state index in [-0.39, 0.29) is 0 Å². The highest BCUT2D eigenvalue weighted by molar-refractivity contribution is 7.17. The molecule has 1 unspecified atom stereocenters. The average Bonchev–Trinajstić information content (AvgIpc) is 2.44. The Morgan fingerprint density at radius 1 is 1.60 bits per heavy atom. The Kier molecular flexibility index (Phi) is 3.25. The van der Waals surface area contributed by atoms with Crippen LogP contribution in [0.1, 0.15) is 22.3 Å². The molecule has 0 radical (unpaired) electrons. The van der Waals surface area contributed by atoms with Gasteiger partial charge in [0.15, 0.2) is 5.13 Å². The van der Waals surface area contributed by atoms with Crippen LogP contribution in [0, 0.1) is 6.92 Å². The van der Waals surface area contributed by atoms with E-state index in [0.29, 0.717) is 15.7 Å². The van der Waals surface area contributed by atoms with Crippen molar-refractivity contribution in [3.8, 4) is 0 Å². The molecule has 82 valence electrons. The Morgan fingerprint density at radius 2 is 2.20 bits per heavy atom. The van der Waals surface area contributed by atoms with Gasteiger partial charge in [-0.15, -0.1) is 0 Å². The summed E-state index contributed by atoms with van der Waals surface area (Å²) >= 11 is 1.04. The molecule has 1 amide bonds. The van der Waals surface area contributed by atoms with Gasteiger partial charge in [0.25, 0.3) is 5.91 Å². The second kappa shape index (κ2) is 4.26. The van der Waals surface area contributed by atoms with Crippen LogP contribution in [0.3, 0.4) is 0 Å². The van der Waals surface area contributed by atoms with E-state index in [4.69, 9.17) is 10.8 Å². The van der Waals surface area contributed by atoms with Gasteiger partial charge in [0.2, 0.25) is 0 Å². The summed E-state index contributed by atoms with van der Waals surface area (Å²) in [5.74, 6) is -1.55. The topological polar surface area (TPSA) is 105 Å². The van der Waals surface area contributed by atoms with Crippen LogP contribution in [-0.4, -0.2) is 28.0 Å². The fourth-order valence-electron chi connectivity index (χ4n) is 0.952. The Labute approximate surface area is 90.1 Å². The second-order valence-electron chi connectivity index (χ2n) is 3.00. The van der Waals surface area contributed by atoms with Crippen molar-refractivity contribution in [3.63, 3.8) is 0 Å². The van der Waals surface area contributed by atoms with Crippen molar-refractivity contribution in [2.24, 2.45) is 0 Å². The molecule has 0 aromatic carbocycles. The van der Waals surface area contributed by atoms with Gasteiger partial charge in [-0.1, -0.05) is 11.3 Å². The molecular weight excluding hydrogens is 218 g/mol. The summed E-state index contributed by atoms with van der Waals surface area (Å²) < 4.78 is 0. The third kappa shape index (κ3) is 2.66. The second-order valence-corrected chi connectivity index (χ2v) is 4.03. The highest BCUT2D eigenvalue weighted by atomic mass is 32.1. The predicted molar refractivity (Wildman–Crippen MR) is 55.8 cm³/mol. The fraction of sp³-hybridized carbons (Fsp3) is 0.375. The number of amides is 1. The van der Waals surface area contributed by atoms with Crippen LogP contribution in [0.5, 0.6) is 0 Å². The molecule has 1 atom stereocenters. The van der Waals surface area contributed by atoms with Gasteiger partial charge in [0, 0.05) is 0 Å². The summed E-state index contributed by atoms with van der Waals surface area (Å²) in [6.07, 6.45) is 0. The van der Waals surface area contributed by atoms with Crippen LogP contribution in [0.15, 0.2) is 0 Å². The number of anilines is 1. The third-order valence-electron chi connectivity index (χ3n) is 1.74. The Morgan fingerprint density at radius 3 is 2.60 bits per heavy atom. The zero-order valence-corrected chi connectivity index (χ0v) is 9.09. The van der Waals surface area contributed by atoms with Crippen LogP contribution in [0.2, 0.25) is 0 Å². The zero-order valence-electron chi connectivity index (χ0n) is 8.27. The number of thiazole rings is 1. The summed E-state index contributed by atoms with van der Waals surface area (Å²) in [7, 11) is 0. The lowest BCUT2D eigenvalue weighted by Crippen LogP contribution is -2.38. The number of carboxylic acid groups (broad SMARTS) is 1. The minimum Gasteiger partial charge on any atom is -0.480 e. The molecule has 4 N–H and O–H groups in total. The number of nitrogen functional groups attached to an aromatic ring is 1. The van der Waals surface area contributed by atoms with Gasteiger partial charge in [-0.2, -0.15) is 0 Å². The summed E-state index contributed by atoms with van der Waals surface area (Å²) in [5, 5.41) is 11.2. The molecule has 15 heavy (non-hydrogen) atoms. The van der Waals surface area contributed by atoms with Crippen LogP contribution in [0.4, 0.5) is 5.13 Å². The van der Waals surface area contributed by atoms with Gasteiger partial charge in [-0.25, -0.2) is 4.98 Å². The van der Waals surface area contributed by atoms with E-state index in [1.54, 1.807) is 6.92 Å². The summed E-state index contributed by atoms with van der Waals surface area (Å²) in [6.45, 7) is 3.03. The first-order valence-corrected chi connectivity index (χ1v) is 5.00. The Bertz CT molecular complexity index is 402.